The lowest BCUT2D eigenvalue weighted by atomic mass is 10.1. The largest absolute Gasteiger partial charge is 0.465 e. The van der Waals surface area contributed by atoms with Gasteiger partial charge in [-0.2, -0.15) is 0 Å². The summed E-state index contributed by atoms with van der Waals surface area (Å²) >= 11 is 0. The number of hydrogen-bond acceptors (Lipinski definition) is 4. The summed E-state index contributed by atoms with van der Waals surface area (Å²) in [4.78, 5) is 10.9. The van der Waals surface area contributed by atoms with Gasteiger partial charge in [-0.25, -0.2) is 13.1 Å². The van der Waals surface area contributed by atoms with E-state index in [4.69, 9.17) is 0 Å². The first-order valence-electron chi connectivity index (χ1n) is 4.33. The van der Waals surface area contributed by atoms with Gasteiger partial charge in [0.05, 0.1) is 6.61 Å². The number of sulfonamides is 1. The molecule has 0 rings (SSSR count). The summed E-state index contributed by atoms with van der Waals surface area (Å²) in [6.07, 6.45) is 0. The zero-order chi connectivity index (χ0) is 11.4. The van der Waals surface area contributed by atoms with Gasteiger partial charge in [0.1, 0.15) is 0 Å². The van der Waals surface area contributed by atoms with E-state index in [0.717, 1.165) is 0 Å². The van der Waals surface area contributed by atoms with E-state index in [2.05, 4.69) is 9.46 Å². The third-order valence-electron chi connectivity index (χ3n) is 1.07. The molecule has 0 saturated carbocycles. The first kappa shape index (κ1) is 13.4. The SMILES string of the molecule is CCOC(=O)CS(=O)(=O)NC(C)(C)C. The highest BCUT2D eigenvalue weighted by molar-refractivity contribution is 7.90. The molecule has 0 fully saturated rings. The van der Waals surface area contributed by atoms with Gasteiger partial charge >= 0.3 is 5.97 Å². The monoisotopic (exact) mass is 223 g/mol. The molecule has 0 aliphatic carbocycles. The molecule has 84 valence electrons. The fourth-order valence-corrected chi connectivity index (χ4v) is 2.26. The van der Waals surface area contributed by atoms with Crippen molar-refractivity contribution in [3.8, 4) is 0 Å². The number of carbonyl (C=O) groups is 1. The summed E-state index contributed by atoms with van der Waals surface area (Å²) in [5.41, 5.74) is -0.578. The number of hydrogen-bond donors (Lipinski definition) is 1. The highest BCUT2D eigenvalue weighted by Gasteiger charge is 2.23. The lowest BCUT2D eigenvalue weighted by molar-refractivity contribution is -0.139. The molecule has 0 spiro atoms. The third kappa shape index (κ3) is 6.85. The lowest BCUT2D eigenvalue weighted by Gasteiger charge is -2.19. The van der Waals surface area contributed by atoms with Crippen molar-refractivity contribution in [1.82, 2.24) is 4.72 Å². The molecule has 0 aliphatic rings. The second kappa shape index (κ2) is 4.75. The zero-order valence-electron chi connectivity index (χ0n) is 8.96. The van der Waals surface area contributed by atoms with Crippen LogP contribution in [0.4, 0.5) is 0 Å². The van der Waals surface area contributed by atoms with Crippen LogP contribution in [0.2, 0.25) is 0 Å². The Morgan fingerprint density at radius 3 is 2.21 bits per heavy atom. The maximum atomic E-state index is 11.3. The van der Waals surface area contributed by atoms with E-state index in [1.807, 2.05) is 0 Å². The Kier molecular flexibility index (Phi) is 4.54. The number of nitrogens with one attached hydrogen (secondary N) is 1. The van der Waals surface area contributed by atoms with Gasteiger partial charge in [0.25, 0.3) is 0 Å². The minimum Gasteiger partial charge on any atom is -0.465 e. The number of esters is 1. The summed E-state index contributed by atoms with van der Waals surface area (Å²) in [6, 6.07) is 0. The summed E-state index contributed by atoms with van der Waals surface area (Å²) in [6.45, 7) is 6.92. The average Bonchev–Trinajstić information content (AvgIpc) is 1.78. The minimum absolute atomic E-state index is 0.184. The fourth-order valence-electron chi connectivity index (χ4n) is 0.860. The lowest BCUT2D eigenvalue weighted by Crippen LogP contribution is -2.43. The van der Waals surface area contributed by atoms with E-state index in [1.165, 1.54) is 0 Å². The van der Waals surface area contributed by atoms with Gasteiger partial charge in [-0.3, -0.25) is 4.79 Å². The number of rotatable bonds is 4. The van der Waals surface area contributed by atoms with E-state index in [9.17, 15) is 13.2 Å². The van der Waals surface area contributed by atoms with Gasteiger partial charge in [0, 0.05) is 5.54 Å². The van der Waals surface area contributed by atoms with Crippen LogP contribution in [0.1, 0.15) is 27.7 Å². The molecule has 0 radical (unpaired) electrons. The van der Waals surface area contributed by atoms with Crippen LogP contribution in [0.25, 0.3) is 0 Å². The summed E-state index contributed by atoms with van der Waals surface area (Å²) < 4.78 is 29.5. The van der Waals surface area contributed by atoms with Crippen molar-refractivity contribution < 1.29 is 17.9 Å². The second-order valence-corrected chi connectivity index (χ2v) is 5.64. The normalized spacial score (nSPS) is 12.6. The third-order valence-corrected chi connectivity index (χ3v) is 2.61. The van der Waals surface area contributed by atoms with Gasteiger partial charge in [-0.05, 0) is 27.7 Å². The van der Waals surface area contributed by atoms with E-state index >= 15 is 0 Å². The van der Waals surface area contributed by atoms with Crippen LogP contribution in [-0.2, 0) is 19.6 Å². The second-order valence-electron chi connectivity index (χ2n) is 3.92. The van der Waals surface area contributed by atoms with Crippen LogP contribution in [0.5, 0.6) is 0 Å². The molecule has 0 bridgehead atoms. The van der Waals surface area contributed by atoms with E-state index < -0.39 is 27.3 Å². The van der Waals surface area contributed by atoms with Crippen molar-refractivity contribution >= 4 is 16.0 Å². The standard InChI is InChI=1S/C8H17NO4S/c1-5-13-7(10)6-14(11,12)9-8(2,3)4/h9H,5-6H2,1-4H3. The molecule has 0 atom stereocenters. The van der Waals surface area contributed by atoms with Crippen molar-refractivity contribution in [3.05, 3.63) is 0 Å². The summed E-state index contributed by atoms with van der Waals surface area (Å²) in [5, 5.41) is 0. The first-order chi connectivity index (χ1) is 6.16. The molecular formula is C8H17NO4S. The summed E-state index contributed by atoms with van der Waals surface area (Å²) in [7, 11) is -3.59. The van der Waals surface area contributed by atoms with Crippen LogP contribution in [-0.4, -0.2) is 32.3 Å². The molecule has 0 heterocycles. The Bertz CT molecular complexity index is 289. The highest BCUT2D eigenvalue weighted by Crippen LogP contribution is 2.02. The van der Waals surface area contributed by atoms with Gasteiger partial charge in [0.15, 0.2) is 5.75 Å². The molecule has 0 aromatic carbocycles. The van der Waals surface area contributed by atoms with Crippen LogP contribution in [0.15, 0.2) is 0 Å². The molecule has 14 heavy (non-hydrogen) atoms. The Balaban J connectivity index is 4.30. The van der Waals surface area contributed by atoms with Gasteiger partial charge in [-0.15, -0.1) is 0 Å². The van der Waals surface area contributed by atoms with Gasteiger partial charge in [-0.1, -0.05) is 0 Å². The molecule has 0 aromatic rings. The molecule has 0 aliphatic heterocycles. The molecule has 0 amide bonds. The van der Waals surface area contributed by atoms with Crippen molar-refractivity contribution in [3.63, 3.8) is 0 Å². The molecule has 6 heteroatoms. The molecule has 0 unspecified atom stereocenters. The fraction of sp³-hybridized carbons (Fsp3) is 0.875. The van der Waals surface area contributed by atoms with Crippen LogP contribution >= 0.6 is 0 Å². The van der Waals surface area contributed by atoms with Crippen LogP contribution in [0.3, 0.4) is 0 Å². The maximum Gasteiger partial charge on any atom is 0.322 e. The Morgan fingerprint density at radius 2 is 1.86 bits per heavy atom. The quantitative estimate of drug-likeness (QED) is 0.694. The van der Waals surface area contributed by atoms with E-state index in [0.29, 0.717) is 0 Å². The average molecular weight is 223 g/mol. The van der Waals surface area contributed by atoms with Gasteiger partial charge < -0.3 is 4.74 Å². The van der Waals surface area contributed by atoms with Crippen molar-refractivity contribution in [1.29, 1.82) is 0 Å². The highest BCUT2D eigenvalue weighted by atomic mass is 32.2. The minimum atomic E-state index is -3.59. The molecule has 0 aromatic heterocycles. The maximum absolute atomic E-state index is 11.3. The van der Waals surface area contributed by atoms with Crippen LogP contribution < -0.4 is 4.72 Å². The number of carbonyl (C=O) groups excluding carboxylic acids is 1. The smallest absolute Gasteiger partial charge is 0.322 e. The zero-order valence-corrected chi connectivity index (χ0v) is 9.77. The van der Waals surface area contributed by atoms with E-state index in [1.54, 1.807) is 27.7 Å². The Morgan fingerprint density at radius 1 is 1.36 bits per heavy atom. The van der Waals surface area contributed by atoms with Crippen LogP contribution in [0, 0.1) is 0 Å². The number of ether oxygens (including phenoxy) is 1. The molecule has 0 saturated heterocycles. The predicted molar refractivity (Wildman–Crippen MR) is 53.3 cm³/mol. The molecule has 1 N–H and O–H groups in total. The van der Waals surface area contributed by atoms with Gasteiger partial charge in [0.2, 0.25) is 10.0 Å². The first-order valence-corrected chi connectivity index (χ1v) is 5.99. The predicted octanol–water partition coefficient (Wildman–Crippen LogP) is 0.267. The molecular weight excluding hydrogens is 206 g/mol. The Labute approximate surface area is 84.9 Å². The molecule has 5 nitrogen and oxygen atoms in total. The van der Waals surface area contributed by atoms with E-state index in [-0.39, 0.29) is 6.61 Å². The van der Waals surface area contributed by atoms with Crippen molar-refractivity contribution in [2.45, 2.75) is 33.2 Å². The Hall–Kier alpha value is -0.620. The summed E-state index contributed by atoms with van der Waals surface area (Å²) in [5.74, 6) is -1.36. The van der Waals surface area contributed by atoms with Crippen molar-refractivity contribution in [2.24, 2.45) is 0 Å². The topological polar surface area (TPSA) is 72.5 Å². The van der Waals surface area contributed by atoms with Crippen molar-refractivity contribution in [2.75, 3.05) is 12.4 Å².